The van der Waals surface area contributed by atoms with Gasteiger partial charge in [0.25, 0.3) is 5.91 Å². The highest BCUT2D eigenvalue weighted by Crippen LogP contribution is 2.14. The molecule has 0 saturated carbocycles. The van der Waals surface area contributed by atoms with E-state index in [-0.39, 0.29) is 5.91 Å². The fraction of sp³-hybridized carbons (Fsp3) is 0.353. The van der Waals surface area contributed by atoms with Crippen molar-refractivity contribution in [2.45, 2.75) is 26.2 Å². The molecule has 1 amide bonds. The number of hydrazone groups is 1. The minimum Gasteiger partial charge on any atom is -0.494 e. The van der Waals surface area contributed by atoms with Crippen molar-refractivity contribution in [1.29, 1.82) is 0 Å². The normalized spacial score (nSPS) is 11.0. The van der Waals surface area contributed by atoms with Crippen LogP contribution >= 0.6 is 15.9 Å². The Labute approximate surface area is 150 Å². The summed E-state index contributed by atoms with van der Waals surface area (Å²) >= 11 is 3.28. The van der Waals surface area contributed by atoms with Crippen LogP contribution in [0.15, 0.2) is 40.0 Å². The molecule has 0 aliphatic carbocycles. The van der Waals surface area contributed by atoms with E-state index in [0.717, 1.165) is 24.3 Å². The Balaban J connectivity index is 1.83. The van der Waals surface area contributed by atoms with E-state index in [9.17, 15) is 4.79 Å². The predicted molar refractivity (Wildman–Crippen MR) is 97.4 cm³/mol. The van der Waals surface area contributed by atoms with E-state index in [1.165, 1.54) is 12.8 Å². The monoisotopic (exact) mass is 392 g/mol. The number of ether oxygens (including phenoxy) is 1. The maximum absolute atomic E-state index is 11.9. The van der Waals surface area contributed by atoms with Gasteiger partial charge < -0.3 is 4.74 Å². The number of hydrogen-bond acceptors (Lipinski definition) is 4. The zero-order valence-electron chi connectivity index (χ0n) is 13.8. The molecule has 0 fully saturated rings. The van der Waals surface area contributed by atoms with E-state index in [1.54, 1.807) is 24.1 Å². The van der Waals surface area contributed by atoms with Crippen molar-refractivity contribution in [2.75, 3.05) is 6.61 Å². The summed E-state index contributed by atoms with van der Waals surface area (Å²) in [6.07, 6.45) is 6.71. The third-order valence-electron chi connectivity index (χ3n) is 3.28. The van der Waals surface area contributed by atoms with E-state index < -0.39 is 0 Å². The Kier molecular flexibility index (Phi) is 6.99. The molecule has 1 aromatic carbocycles. The molecule has 0 unspecified atom stereocenters. The Hall–Kier alpha value is -2.15. The second kappa shape index (κ2) is 9.22. The Morgan fingerprint density at radius 1 is 1.38 bits per heavy atom. The lowest BCUT2D eigenvalue weighted by molar-refractivity contribution is 0.0948. The van der Waals surface area contributed by atoms with Crippen molar-refractivity contribution in [1.82, 2.24) is 15.2 Å². The fourth-order valence-corrected chi connectivity index (χ4v) is 2.58. The Bertz CT molecular complexity index is 695. The van der Waals surface area contributed by atoms with Gasteiger partial charge in [0.1, 0.15) is 5.75 Å². The zero-order chi connectivity index (χ0) is 17.4. The van der Waals surface area contributed by atoms with Crippen molar-refractivity contribution in [2.24, 2.45) is 12.1 Å². The summed E-state index contributed by atoms with van der Waals surface area (Å²) in [6.45, 7) is 2.90. The molecule has 0 saturated heterocycles. The molecule has 2 rings (SSSR count). The van der Waals surface area contributed by atoms with Gasteiger partial charge >= 0.3 is 0 Å². The van der Waals surface area contributed by atoms with Crippen molar-refractivity contribution >= 4 is 28.1 Å². The Morgan fingerprint density at radius 3 is 2.75 bits per heavy atom. The fourth-order valence-electron chi connectivity index (χ4n) is 2.02. The van der Waals surface area contributed by atoms with Crippen LogP contribution in [-0.4, -0.2) is 28.5 Å². The molecule has 0 bridgehead atoms. The number of benzene rings is 1. The van der Waals surface area contributed by atoms with Gasteiger partial charge in [-0.05, 0) is 52.2 Å². The minimum atomic E-state index is -0.366. The lowest BCUT2D eigenvalue weighted by Gasteiger charge is -2.05. The molecule has 2 aromatic rings. The summed E-state index contributed by atoms with van der Waals surface area (Å²) < 4.78 is 7.83. The highest BCUT2D eigenvalue weighted by Gasteiger charge is 2.13. The average molecular weight is 393 g/mol. The third-order valence-corrected chi connectivity index (χ3v) is 3.86. The Morgan fingerprint density at radius 2 is 2.12 bits per heavy atom. The zero-order valence-corrected chi connectivity index (χ0v) is 15.4. The van der Waals surface area contributed by atoms with E-state index in [1.807, 2.05) is 24.3 Å². The van der Waals surface area contributed by atoms with Gasteiger partial charge in [0, 0.05) is 13.2 Å². The van der Waals surface area contributed by atoms with Crippen LogP contribution in [0.25, 0.3) is 0 Å². The molecule has 0 atom stereocenters. The van der Waals surface area contributed by atoms with Crippen LogP contribution in [0.2, 0.25) is 0 Å². The van der Waals surface area contributed by atoms with Gasteiger partial charge in [-0.2, -0.15) is 10.2 Å². The first-order valence-corrected chi connectivity index (χ1v) is 8.65. The van der Waals surface area contributed by atoms with Crippen LogP contribution in [0.3, 0.4) is 0 Å². The highest BCUT2D eigenvalue weighted by molar-refractivity contribution is 9.10. The van der Waals surface area contributed by atoms with Gasteiger partial charge in [-0.25, -0.2) is 5.43 Å². The number of carbonyl (C=O) groups is 1. The largest absolute Gasteiger partial charge is 0.494 e. The SMILES string of the molecule is CCCCCOc1ccc(/C=N\NC(=O)c2nn(C)cc2Br)cc1. The number of unbranched alkanes of at least 4 members (excludes halogenated alkanes) is 2. The molecular weight excluding hydrogens is 372 g/mol. The number of halogens is 1. The quantitative estimate of drug-likeness (QED) is 0.424. The molecule has 24 heavy (non-hydrogen) atoms. The standard InChI is InChI=1S/C17H21BrN4O2/c1-3-4-5-10-24-14-8-6-13(7-9-14)11-19-20-17(23)16-15(18)12-22(2)21-16/h6-9,11-12H,3-5,10H2,1-2H3,(H,20,23)/b19-11-. The van der Waals surface area contributed by atoms with Crippen LogP contribution in [0, 0.1) is 0 Å². The van der Waals surface area contributed by atoms with Gasteiger partial charge in [0.15, 0.2) is 5.69 Å². The molecule has 1 heterocycles. The van der Waals surface area contributed by atoms with E-state index in [4.69, 9.17) is 4.74 Å². The molecule has 0 aliphatic rings. The third kappa shape index (κ3) is 5.49. The van der Waals surface area contributed by atoms with Crippen LogP contribution < -0.4 is 10.2 Å². The van der Waals surface area contributed by atoms with Gasteiger partial charge in [-0.3, -0.25) is 9.48 Å². The minimum absolute atomic E-state index is 0.297. The lowest BCUT2D eigenvalue weighted by atomic mass is 10.2. The number of nitrogens with zero attached hydrogens (tertiary/aromatic N) is 3. The molecule has 1 N–H and O–H groups in total. The van der Waals surface area contributed by atoms with Gasteiger partial charge in [0.05, 0.1) is 17.3 Å². The summed E-state index contributed by atoms with van der Waals surface area (Å²) in [6, 6.07) is 7.57. The summed E-state index contributed by atoms with van der Waals surface area (Å²) in [5.74, 6) is 0.472. The molecule has 128 valence electrons. The van der Waals surface area contributed by atoms with Crippen LogP contribution in [0.5, 0.6) is 5.75 Å². The molecule has 6 nitrogen and oxygen atoms in total. The molecule has 0 radical (unpaired) electrons. The first kappa shape index (κ1) is 18.2. The van der Waals surface area contributed by atoms with Crippen molar-refractivity contribution in [3.63, 3.8) is 0 Å². The van der Waals surface area contributed by atoms with Crippen LogP contribution in [-0.2, 0) is 7.05 Å². The molecule has 0 spiro atoms. The summed E-state index contributed by atoms with van der Waals surface area (Å²) in [5, 5.41) is 8.01. The van der Waals surface area contributed by atoms with E-state index >= 15 is 0 Å². The summed E-state index contributed by atoms with van der Waals surface area (Å²) in [7, 11) is 1.75. The van der Waals surface area contributed by atoms with Crippen molar-refractivity contribution in [3.8, 4) is 5.75 Å². The number of amides is 1. The molecule has 1 aromatic heterocycles. The number of rotatable bonds is 8. The second-order valence-electron chi connectivity index (χ2n) is 5.32. The molecule has 7 heteroatoms. The molecular formula is C17H21BrN4O2. The number of aromatic nitrogens is 2. The predicted octanol–water partition coefficient (Wildman–Crippen LogP) is 3.52. The smallest absolute Gasteiger partial charge is 0.293 e. The van der Waals surface area contributed by atoms with Crippen molar-refractivity contribution in [3.05, 3.63) is 46.2 Å². The summed E-state index contributed by atoms with van der Waals surface area (Å²) in [4.78, 5) is 11.9. The summed E-state index contributed by atoms with van der Waals surface area (Å²) in [5.41, 5.74) is 3.63. The van der Waals surface area contributed by atoms with Crippen LogP contribution in [0.1, 0.15) is 42.2 Å². The van der Waals surface area contributed by atoms with Crippen LogP contribution in [0.4, 0.5) is 0 Å². The lowest BCUT2D eigenvalue weighted by Crippen LogP contribution is -2.18. The number of carbonyl (C=O) groups excluding carboxylic acids is 1. The first-order valence-electron chi connectivity index (χ1n) is 7.85. The maximum atomic E-state index is 11.9. The molecule has 0 aliphatic heterocycles. The average Bonchev–Trinajstić information content (AvgIpc) is 2.91. The van der Waals surface area contributed by atoms with Gasteiger partial charge in [0.2, 0.25) is 0 Å². The van der Waals surface area contributed by atoms with Gasteiger partial charge in [-0.15, -0.1) is 0 Å². The van der Waals surface area contributed by atoms with Crippen molar-refractivity contribution < 1.29 is 9.53 Å². The highest BCUT2D eigenvalue weighted by atomic mass is 79.9. The van der Waals surface area contributed by atoms with Gasteiger partial charge in [-0.1, -0.05) is 19.8 Å². The maximum Gasteiger partial charge on any atom is 0.293 e. The van der Waals surface area contributed by atoms with E-state index in [2.05, 4.69) is 38.5 Å². The first-order chi connectivity index (χ1) is 11.6. The topological polar surface area (TPSA) is 68.5 Å². The second-order valence-corrected chi connectivity index (χ2v) is 6.18. The number of hydrogen-bond donors (Lipinski definition) is 1. The number of nitrogens with one attached hydrogen (secondary N) is 1. The number of aryl methyl sites for hydroxylation is 1. The van der Waals surface area contributed by atoms with E-state index in [0.29, 0.717) is 10.2 Å².